The number of benzene rings is 1. The molecule has 1 aromatic rings. The molecule has 112 valence electrons. The monoisotopic (exact) mass is 280 g/mol. The first-order valence-electron chi connectivity index (χ1n) is 7.09. The first-order chi connectivity index (χ1) is 9.56. The average Bonchev–Trinajstić information content (AvgIpc) is 2.43. The minimum absolute atomic E-state index is 0.0288. The van der Waals surface area contributed by atoms with Crippen LogP contribution in [0.25, 0.3) is 0 Å². The molecule has 0 fully saturated rings. The predicted octanol–water partition coefficient (Wildman–Crippen LogP) is 3.65. The number of nitrogens with zero attached hydrogens (tertiary/aromatic N) is 1. The lowest BCUT2D eigenvalue weighted by Gasteiger charge is -2.15. The Morgan fingerprint density at radius 2 is 1.95 bits per heavy atom. The molecule has 6 nitrogen and oxygen atoms in total. The number of hydrogen-bond acceptors (Lipinski definition) is 5. The molecule has 0 bridgehead atoms. The highest BCUT2D eigenvalue weighted by molar-refractivity contribution is 5.63. The van der Waals surface area contributed by atoms with Crippen molar-refractivity contribution in [3.8, 4) is 0 Å². The van der Waals surface area contributed by atoms with Gasteiger partial charge >= 0.3 is 0 Å². The van der Waals surface area contributed by atoms with Crippen LogP contribution in [-0.2, 0) is 0 Å². The molecule has 4 N–H and O–H groups in total. The number of rotatable bonds is 9. The largest absolute Gasteiger partial charge is 0.382 e. The SMILES string of the molecule is CCCCCCC(C)Nc1cc(NN)cc([N+](=O)[O-])c1. The van der Waals surface area contributed by atoms with E-state index in [1.54, 1.807) is 6.07 Å². The zero-order valence-electron chi connectivity index (χ0n) is 12.2. The summed E-state index contributed by atoms with van der Waals surface area (Å²) in [6, 6.07) is 5.00. The summed E-state index contributed by atoms with van der Waals surface area (Å²) in [6.07, 6.45) is 5.92. The topological polar surface area (TPSA) is 93.2 Å². The molecule has 0 heterocycles. The summed E-state index contributed by atoms with van der Waals surface area (Å²) in [5, 5.41) is 14.1. The van der Waals surface area contributed by atoms with Gasteiger partial charge in [-0.15, -0.1) is 0 Å². The molecule has 0 aliphatic carbocycles. The van der Waals surface area contributed by atoms with Crippen molar-refractivity contribution >= 4 is 17.1 Å². The molecule has 20 heavy (non-hydrogen) atoms. The van der Waals surface area contributed by atoms with E-state index in [9.17, 15) is 10.1 Å². The van der Waals surface area contributed by atoms with Gasteiger partial charge in [-0.05, 0) is 19.4 Å². The maximum atomic E-state index is 10.9. The Morgan fingerprint density at radius 3 is 2.55 bits per heavy atom. The number of hydrazine groups is 1. The molecule has 1 rings (SSSR count). The highest BCUT2D eigenvalue weighted by atomic mass is 16.6. The zero-order chi connectivity index (χ0) is 15.0. The fourth-order valence-electron chi connectivity index (χ4n) is 2.12. The molecule has 1 unspecified atom stereocenters. The van der Waals surface area contributed by atoms with Crippen molar-refractivity contribution in [3.05, 3.63) is 28.3 Å². The third-order valence-corrected chi connectivity index (χ3v) is 3.20. The summed E-state index contributed by atoms with van der Waals surface area (Å²) in [7, 11) is 0. The van der Waals surface area contributed by atoms with E-state index in [0.717, 1.165) is 12.1 Å². The fourth-order valence-corrected chi connectivity index (χ4v) is 2.12. The van der Waals surface area contributed by atoms with Crippen molar-refractivity contribution < 1.29 is 4.92 Å². The molecule has 0 aliphatic heterocycles. The van der Waals surface area contributed by atoms with Crippen molar-refractivity contribution in [2.75, 3.05) is 10.7 Å². The summed E-state index contributed by atoms with van der Waals surface area (Å²) < 4.78 is 0. The maximum absolute atomic E-state index is 10.9. The van der Waals surface area contributed by atoms with Crippen LogP contribution in [0.5, 0.6) is 0 Å². The van der Waals surface area contributed by atoms with E-state index >= 15 is 0 Å². The van der Waals surface area contributed by atoms with Gasteiger partial charge in [0.1, 0.15) is 0 Å². The van der Waals surface area contributed by atoms with Crippen LogP contribution in [0.2, 0.25) is 0 Å². The first-order valence-corrected chi connectivity index (χ1v) is 7.09. The molecular weight excluding hydrogens is 256 g/mol. The molecule has 1 aromatic carbocycles. The van der Waals surface area contributed by atoms with Gasteiger partial charge < -0.3 is 10.7 Å². The van der Waals surface area contributed by atoms with E-state index in [-0.39, 0.29) is 11.7 Å². The first kappa shape index (κ1) is 16.2. The lowest BCUT2D eigenvalue weighted by molar-refractivity contribution is -0.384. The Morgan fingerprint density at radius 1 is 1.25 bits per heavy atom. The molecule has 0 saturated carbocycles. The molecule has 0 radical (unpaired) electrons. The van der Waals surface area contributed by atoms with E-state index in [2.05, 4.69) is 24.6 Å². The number of nitrogens with one attached hydrogen (secondary N) is 2. The standard InChI is InChI=1S/C14H24N4O2/c1-3-4-5-6-7-11(2)16-12-8-13(17-15)10-14(9-12)18(19)20/h8-11,16-17H,3-7,15H2,1-2H3. The lowest BCUT2D eigenvalue weighted by atomic mass is 10.1. The van der Waals surface area contributed by atoms with Crippen molar-refractivity contribution in [2.45, 2.75) is 52.0 Å². The van der Waals surface area contributed by atoms with Crippen LogP contribution in [0, 0.1) is 10.1 Å². The van der Waals surface area contributed by atoms with Gasteiger partial charge in [0.05, 0.1) is 10.6 Å². The highest BCUT2D eigenvalue weighted by Crippen LogP contribution is 2.24. The number of hydrogen-bond donors (Lipinski definition) is 3. The van der Waals surface area contributed by atoms with Gasteiger partial charge in [0.2, 0.25) is 0 Å². The minimum Gasteiger partial charge on any atom is -0.382 e. The smallest absolute Gasteiger partial charge is 0.273 e. The van der Waals surface area contributed by atoms with Crippen LogP contribution >= 0.6 is 0 Å². The van der Waals surface area contributed by atoms with Gasteiger partial charge in [-0.3, -0.25) is 16.0 Å². The van der Waals surface area contributed by atoms with Gasteiger partial charge in [-0.25, -0.2) is 0 Å². The third kappa shape index (κ3) is 5.44. The van der Waals surface area contributed by atoms with E-state index in [1.807, 2.05) is 0 Å². The Kier molecular flexibility index (Phi) is 6.79. The summed E-state index contributed by atoms with van der Waals surface area (Å²) in [4.78, 5) is 10.4. The number of unbranched alkanes of at least 4 members (excludes halogenated alkanes) is 3. The normalized spacial score (nSPS) is 11.9. The number of nitrogen functional groups attached to an aromatic ring is 1. The molecule has 0 spiro atoms. The third-order valence-electron chi connectivity index (χ3n) is 3.20. The van der Waals surface area contributed by atoms with E-state index < -0.39 is 4.92 Å². The van der Waals surface area contributed by atoms with Gasteiger partial charge in [-0.1, -0.05) is 32.6 Å². The van der Waals surface area contributed by atoms with Crippen LogP contribution < -0.4 is 16.6 Å². The molecule has 0 aliphatic rings. The second-order valence-electron chi connectivity index (χ2n) is 5.06. The number of non-ortho nitro benzene ring substituents is 1. The molecule has 6 heteroatoms. The fraction of sp³-hybridized carbons (Fsp3) is 0.571. The molecule has 0 saturated heterocycles. The second-order valence-corrected chi connectivity index (χ2v) is 5.06. The van der Waals surface area contributed by atoms with Crippen LogP contribution in [0.1, 0.15) is 46.0 Å². The molecule has 0 aromatic heterocycles. The van der Waals surface area contributed by atoms with E-state index in [4.69, 9.17) is 5.84 Å². The maximum Gasteiger partial charge on any atom is 0.273 e. The highest BCUT2D eigenvalue weighted by Gasteiger charge is 2.11. The summed E-state index contributed by atoms with van der Waals surface area (Å²) in [6.45, 7) is 4.27. The van der Waals surface area contributed by atoms with Crippen LogP contribution in [-0.4, -0.2) is 11.0 Å². The Bertz CT molecular complexity index is 437. The number of nitrogens with two attached hydrogens (primary N) is 1. The van der Waals surface area contributed by atoms with Crippen LogP contribution in [0.4, 0.5) is 17.1 Å². The van der Waals surface area contributed by atoms with Crippen molar-refractivity contribution in [2.24, 2.45) is 5.84 Å². The molecular formula is C14H24N4O2. The quantitative estimate of drug-likeness (QED) is 0.278. The van der Waals surface area contributed by atoms with Crippen molar-refractivity contribution in [1.29, 1.82) is 0 Å². The Labute approximate surface area is 119 Å². The zero-order valence-corrected chi connectivity index (χ0v) is 12.2. The average molecular weight is 280 g/mol. The molecule has 1 atom stereocenters. The van der Waals surface area contributed by atoms with Gasteiger partial charge in [0.25, 0.3) is 5.69 Å². The lowest BCUT2D eigenvalue weighted by Crippen LogP contribution is -2.15. The predicted molar refractivity (Wildman–Crippen MR) is 82.8 cm³/mol. The Hall–Kier alpha value is -1.82. The van der Waals surface area contributed by atoms with Gasteiger partial charge in [-0.2, -0.15) is 0 Å². The molecule has 0 amide bonds. The van der Waals surface area contributed by atoms with E-state index in [1.165, 1.54) is 37.8 Å². The van der Waals surface area contributed by atoms with Crippen LogP contribution in [0.3, 0.4) is 0 Å². The number of anilines is 2. The number of nitro groups is 1. The van der Waals surface area contributed by atoms with Crippen LogP contribution in [0.15, 0.2) is 18.2 Å². The van der Waals surface area contributed by atoms with E-state index in [0.29, 0.717) is 5.69 Å². The van der Waals surface area contributed by atoms with Gasteiger partial charge in [0, 0.05) is 23.9 Å². The van der Waals surface area contributed by atoms with Crippen molar-refractivity contribution in [1.82, 2.24) is 0 Å². The number of nitro benzene ring substituents is 1. The second kappa shape index (κ2) is 8.37. The van der Waals surface area contributed by atoms with Gasteiger partial charge in [0.15, 0.2) is 0 Å². The summed E-state index contributed by atoms with van der Waals surface area (Å²) in [5.41, 5.74) is 3.73. The van der Waals surface area contributed by atoms with Crippen molar-refractivity contribution in [3.63, 3.8) is 0 Å². The Balaban J connectivity index is 2.61. The summed E-state index contributed by atoms with van der Waals surface area (Å²) >= 11 is 0. The summed E-state index contributed by atoms with van der Waals surface area (Å²) in [5.74, 6) is 5.33. The minimum atomic E-state index is -0.419.